The van der Waals surface area contributed by atoms with E-state index in [1.54, 1.807) is 6.07 Å². The number of halogens is 3. The summed E-state index contributed by atoms with van der Waals surface area (Å²) in [5, 5.41) is 4.55. The summed E-state index contributed by atoms with van der Waals surface area (Å²) >= 11 is 0. The van der Waals surface area contributed by atoms with Crippen molar-refractivity contribution in [3.05, 3.63) is 81.3 Å². The highest BCUT2D eigenvalue weighted by atomic mass is 19.4. The fourth-order valence-corrected chi connectivity index (χ4v) is 4.19. The van der Waals surface area contributed by atoms with Crippen molar-refractivity contribution in [2.75, 3.05) is 11.4 Å². The van der Waals surface area contributed by atoms with E-state index >= 15 is 0 Å². The van der Waals surface area contributed by atoms with E-state index in [1.807, 2.05) is 18.7 Å². The summed E-state index contributed by atoms with van der Waals surface area (Å²) in [6.45, 7) is 4.84. The summed E-state index contributed by atoms with van der Waals surface area (Å²) in [6, 6.07) is 4.06. The lowest BCUT2D eigenvalue weighted by atomic mass is 9.98. The highest BCUT2D eigenvalue weighted by molar-refractivity contribution is 5.68. The van der Waals surface area contributed by atoms with Crippen molar-refractivity contribution in [2.24, 2.45) is 0 Å². The van der Waals surface area contributed by atoms with Gasteiger partial charge in [0.2, 0.25) is 0 Å². The molecular weight excluding hydrogens is 433 g/mol. The van der Waals surface area contributed by atoms with Crippen LogP contribution in [0.3, 0.4) is 0 Å². The number of aromatic nitrogens is 5. The van der Waals surface area contributed by atoms with Crippen molar-refractivity contribution >= 4 is 11.5 Å². The number of nitrogens with zero attached hydrogens (tertiary/aromatic N) is 6. The predicted octanol–water partition coefficient (Wildman–Crippen LogP) is 3.74. The van der Waals surface area contributed by atoms with Gasteiger partial charge in [0.05, 0.1) is 5.56 Å². The van der Waals surface area contributed by atoms with Crippen LogP contribution in [0.1, 0.15) is 27.9 Å². The third-order valence-corrected chi connectivity index (χ3v) is 6.03. The number of pyridine rings is 2. The third kappa shape index (κ3) is 3.61. The molecule has 0 fully saturated rings. The molecule has 0 unspecified atom stereocenters. The Morgan fingerprint density at radius 2 is 1.85 bits per heavy atom. The first kappa shape index (κ1) is 21.0. The monoisotopic (exact) mass is 452 g/mol. The molecule has 0 atom stereocenters. The van der Waals surface area contributed by atoms with Gasteiger partial charge >= 0.3 is 6.18 Å². The minimum atomic E-state index is -4.49. The topological polar surface area (TPSA) is 76.3 Å². The van der Waals surface area contributed by atoms with Crippen LogP contribution in [0.15, 0.2) is 47.8 Å². The smallest absolute Gasteiger partial charge is 0.350 e. The summed E-state index contributed by atoms with van der Waals surface area (Å²) < 4.78 is 41.8. The van der Waals surface area contributed by atoms with E-state index in [0.717, 1.165) is 34.6 Å². The van der Waals surface area contributed by atoms with Crippen molar-refractivity contribution in [1.29, 1.82) is 0 Å². The molecule has 0 aromatic carbocycles. The van der Waals surface area contributed by atoms with Gasteiger partial charge in [-0.2, -0.15) is 17.7 Å². The molecule has 33 heavy (non-hydrogen) atoms. The molecule has 7 nitrogen and oxygen atoms in total. The first-order chi connectivity index (χ1) is 15.7. The summed E-state index contributed by atoms with van der Waals surface area (Å²) in [4.78, 5) is 26.9. The molecule has 5 heterocycles. The van der Waals surface area contributed by atoms with E-state index in [2.05, 4.69) is 20.1 Å². The van der Waals surface area contributed by atoms with E-state index in [9.17, 15) is 18.0 Å². The maximum atomic E-state index is 13.5. The van der Waals surface area contributed by atoms with Crippen LogP contribution in [-0.2, 0) is 19.1 Å². The molecule has 5 rings (SSSR count). The van der Waals surface area contributed by atoms with Gasteiger partial charge in [0.25, 0.3) is 5.56 Å². The van der Waals surface area contributed by atoms with E-state index < -0.39 is 11.7 Å². The highest BCUT2D eigenvalue weighted by Gasteiger charge is 2.34. The Morgan fingerprint density at radius 1 is 1.03 bits per heavy atom. The number of anilines is 1. The predicted molar refractivity (Wildman–Crippen MR) is 116 cm³/mol. The Morgan fingerprint density at radius 3 is 2.64 bits per heavy atom. The average Bonchev–Trinajstić information content (AvgIpc) is 2.80. The Hall–Kier alpha value is -3.82. The van der Waals surface area contributed by atoms with Gasteiger partial charge in [-0.15, -0.1) is 5.10 Å². The summed E-state index contributed by atoms with van der Waals surface area (Å²) in [5.74, 6) is 0.642. The summed E-state index contributed by atoms with van der Waals surface area (Å²) in [5.41, 5.74) is 3.22. The average molecular weight is 452 g/mol. The van der Waals surface area contributed by atoms with Crippen LogP contribution in [0, 0.1) is 13.8 Å². The van der Waals surface area contributed by atoms with Crippen LogP contribution in [-0.4, -0.2) is 31.1 Å². The molecule has 0 aliphatic carbocycles. The molecule has 1 aliphatic heterocycles. The molecule has 10 heteroatoms. The molecule has 4 aromatic heterocycles. The Kier molecular flexibility index (Phi) is 4.88. The van der Waals surface area contributed by atoms with Gasteiger partial charge in [0.15, 0.2) is 11.5 Å². The number of aryl methyl sites for hydroxylation is 1. The standard InChI is InChI=1S/C23H19F3N6O/c1-13-14(2)22(30-32-20(33)4-7-28-21(13)32)31-8-5-19-16(12-31)9-15(10-29-19)17-11-27-6-3-18(17)23(24,25)26/h3-4,6-7,9-11H,5,8,12H2,1-2H3. The lowest BCUT2D eigenvalue weighted by Crippen LogP contribution is -2.33. The van der Waals surface area contributed by atoms with Crippen LogP contribution in [0.5, 0.6) is 0 Å². The van der Waals surface area contributed by atoms with Crippen molar-refractivity contribution in [3.63, 3.8) is 0 Å². The van der Waals surface area contributed by atoms with Gasteiger partial charge in [0, 0.05) is 78.3 Å². The second kappa shape index (κ2) is 7.65. The number of alkyl halides is 3. The van der Waals surface area contributed by atoms with E-state index in [1.165, 1.54) is 29.2 Å². The first-order valence-electron chi connectivity index (χ1n) is 10.3. The number of rotatable bonds is 2. The van der Waals surface area contributed by atoms with Gasteiger partial charge in [-0.05, 0) is 31.5 Å². The Bertz CT molecular complexity index is 1450. The zero-order valence-electron chi connectivity index (χ0n) is 17.9. The number of fused-ring (bicyclic) bond motifs is 2. The van der Waals surface area contributed by atoms with Crippen LogP contribution in [0.25, 0.3) is 16.8 Å². The molecule has 0 N–H and O–H groups in total. The number of hydrogen-bond donors (Lipinski definition) is 0. The van der Waals surface area contributed by atoms with Crippen LogP contribution < -0.4 is 10.5 Å². The zero-order chi connectivity index (χ0) is 23.3. The lowest BCUT2D eigenvalue weighted by molar-refractivity contribution is -0.137. The van der Waals surface area contributed by atoms with Gasteiger partial charge in [-0.3, -0.25) is 14.8 Å². The van der Waals surface area contributed by atoms with Crippen molar-refractivity contribution in [2.45, 2.75) is 33.0 Å². The van der Waals surface area contributed by atoms with Crippen molar-refractivity contribution < 1.29 is 13.2 Å². The second-order valence-electron chi connectivity index (χ2n) is 8.01. The van der Waals surface area contributed by atoms with E-state index in [4.69, 9.17) is 0 Å². The minimum Gasteiger partial charge on any atom is -0.350 e. The highest BCUT2D eigenvalue weighted by Crippen LogP contribution is 2.37. The van der Waals surface area contributed by atoms with Crippen LogP contribution in [0.2, 0.25) is 0 Å². The molecule has 0 saturated carbocycles. The first-order valence-corrected chi connectivity index (χ1v) is 10.3. The van der Waals surface area contributed by atoms with Crippen molar-refractivity contribution in [1.82, 2.24) is 24.6 Å². The second-order valence-corrected chi connectivity index (χ2v) is 8.01. The number of hydrogen-bond acceptors (Lipinski definition) is 6. The molecule has 0 saturated heterocycles. The SMILES string of the molecule is Cc1c(N2CCc3ncc(-c4cnccc4C(F)(F)F)cc3C2)nn2c(=O)ccnc2c1C. The van der Waals surface area contributed by atoms with Crippen LogP contribution in [0.4, 0.5) is 19.0 Å². The Labute approximate surface area is 186 Å². The maximum absolute atomic E-state index is 13.5. The molecule has 0 radical (unpaired) electrons. The van der Waals surface area contributed by atoms with Gasteiger partial charge in [-0.1, -0.05) is 0 Å². The molecule has 4 aromatic rings. The van der Waals surface area contributed by atoms with Crippen molar-refractivity contribution in [3.8, 4) is 11.1 Å². The quantitative estimate of drug-likeness (QED) is 0.461. The molecule has 1 aliphatic rings. The van der Waals surface area contributed by atoms with Gasteiger partial charge < -0.3 is 4.90 Å². The molecular formula is C23H19F3N6O. The lowest BCUT2D eigenvalue weighted by Gasteiger charge is -2.31. The van der Waals surface area contributed by atoms with E-state index in [-0.39, 0.29) is 11.1 Å². The Balaban J connectivity index is 1.56. The fraction of sp³-hybridized carbons (Fsp3) is 0.261. The van der Waals surface area contributed by atoms with Gasteiger partial charge in [-0.25, -0.2) is 4.98 Å². The summed E-state index contributed by atoms with van der Waals surface area (Å²) in [7, 11) is 0. The van der Waals surface area contributed by atoms with Crippen LogP contribution >= 0.6 is 0 Å². The molecule has 168 valence electrons. The zero-order valence-corrected chi connectivity index (χ0v) is 17.9. The molecule has 0 bridgehead atoms. The molecule has 0 spiro atoms. The van der Waals surface area contributed by atoms with Gasteiger partial charge in [0.1, 0.15) is 0 Å². The fourth-order valence-electron chi connectivity index (χ4n) is 4.19. The normalized spacial score (nSPS) is 13.9. The summed E-state index contributed by atoms with van der Waals surface area (Å²) in [6.07, 6.45) is 1.39. The largest absolute Gasteiger partial charge is 0.417 e. The molecule has 0 amide bonds. The third-order valence-electron chi connectivity index (χ3n) is 6.03. The van der Waals surface area contributed by atoms with E-state index in [0.29, 0.717) is 36.5 Å². The maximum Gasteiger partial charge on any atom is 0.417 e. The minimum absolute atomic E-state index is 0.00842.